The van der Waals surface area contributed by atoms with Crippen molar-refractivity contribution in [3.8, 4) is 5.88 Å². The average Bonchev–Trinajstić information content (AvgIpc) is 2.37. The van der Waals surface area contributed by atoms with Crippen molar-refractivity contribution >= 4 is 17.6 Å². The van der Waals surface area contributed by atoms with E-state index in [-0.39, 0.29) is 11.6 Å². The normalized spacial score (nSPS) is 10.1. The van der Waals surface area contributed by atoms with Crippen molar-refractivity contribution in [2.45, 2.75) is 6.61 Å². The molecule has 0 fully saturated rings. The molecule has 0 saturated carbocycles. The molecule has 2 aromatic rings. The summed E-state index contributed by atoms with van der Waals surface area (Å²) in [5, 5.41) is 16.4. The van der Waals surface area contributed by atoms with Crippen LogP contribution in [0.15, 0.2) is 36.4 Å². The van der Waals surface area contributed by atoms with Gasteiger partial charge in [0.05, 0.1) is 0 Å². The first-order valence-electron chi connectivity index (χ1n) is 5.09. The molecule has 0 aliphatic heterocycles. The Kier molecular flexibility index (Phi) is 3.74. The van der Waals surface area contributed by atoms with Crippen LogP contribution in [0.2, 0.25) is 5.02 Å². The number of carboxylic acids is 1. The minimum Gasteiger partial charge on any atom is -0.476 e. The molecule has 0 radical (unpaired) electrons. The van der Waals surface area contributed by atoms with E-state index >= 15 is 0 Å². The van der Waals surface area contributed by atoms with Crippen LogP contribution in [-0.2, 0) is 6.61 Å². The second kappa shape index (κ2) is 5.46. The summed E-state index contributed by atoms with van der Waals surface area (Å²) in [6, 6.07) is 10.0. The van der Waals surface area contributed by atoms with Crippen LogP contribution in [0.4, 0.5) is 0 Å². The Morgan fingerprint density at radius 1 is 1.28 bits per heavy atom. The Balaban J connectivity index is 2.00. The maximum atomic E-state index is 10.6. The second-order valence-corrected chi connectivity index (χ2v) is 3.92. The van der Waals surface area contributed by atoms with Gasteiger partial charge < -0.3 is 9.84 Å². The number of hydrogen-bond donors (Lipinski definition) is 1. The van der Waals surface area contributed by atoms with Gasteiger partial charge in [-0.2, -0.15) is 0 Å². The molecule has 1 aromatic carbocycles. The van der Waals surface area contributed by atoms with Crippen LogP contribution >= 0.6 is 11.6 Å². The molecule has 1 N–H and O–H groups in total. The van der Waals surface area contributed by atoms with Crippen LogP contribution in [-0.4, -0.2) is 21.3 Å². The van der Waals surface area contributed by atoms with Crippen molar-refractivity contribution in [1.29, 1.82) is 0 Å². The zero-order valence-corrected chi connectivity index (χ0v) is 9.96. The molecule has 92 valence electrons. The number of ether oxygens (including phenoxy) is 1. The van der Waals surface area contributed by atoms with E-state index in [0.717, 1.165) is 5.56 Å². The summed E-state index contributed by atoms with van der Waals surface area (Å²) in [7, 11) is 0. The molecule has 1 heterocycles. The molecule has 1 aromatic heterocycles. The number of nitrogens with zero attached hydrogens (tertiary/aromatic N) is 2. The highest BCUT2D eigenvalue weighted by atomic mass is 35.5. The van der Waals surface area contributed by atoms with Gasteiger partial charge in [-0.1, -0.05) is 23.7 Å². The van der Waals surface area contributed by atoms with Crippen molar-refractivity contribution in [2.24, 2.45) is 0 Å². The van der Waals surface area contributed by atoms with Gasteiger partial charge in [-0.3, -0.25) is 0 Å². The molecular weight excluding hydrogens is 256 g/mol. The van der Waals surface area contributed by atoms with E-state index in [1.165, 1.54) is 12.1 Å². The summed E-state index contributed by atoms with van der Waals surface area (Å²) in [4.78, 5) is 10.6. The molecule has 0 aliphatic carbocycles. The fraction of sp³-hybridized carbons (Fsp3) is 0.0833. The average molecular weight is 265 g/mol. The van der Waals surface area contributed by atoms with E-state index in [4.69, 9.17) is 21.4 Å². The summed E-state index contributed by atoms with van der Waals surface area (Å²) in [5.41, 5.74) is 0.775. The topological polar surface area (TPSA) is 72.3 Å². The molecule has 0 atom stereocenters. The Bertz CT molecular complexity index is 558. The lowest BCUT2D eigenvalue weighted by Gasteiger charge is -2.04. The molecule has 0 spiro atoms. The summed E-state index contributed by atoms with van der Waals surface area (Å²) < 4.78 is 5.36. The summed E-state index contributed by atoms with van der Waals surface area (Å²) in [5.74, 6) is -0.858. The van der Waals surface area contributed by atoms with E-state index in [1.807, 2.05) is 12.1 Å². The van der Waals surface area contributed by atoms with E-state index in [0.29, 0.717) is 11.6 Å². The SMILES string of the molecule is O=C(O)c1ccc(OCc2cccc(Cl)c2)nn1. The molecule has 0 aliphatic rings. The molecule has 0 unspecified atom stereocenters. The molecule has 6 heteroatoms. The third-order valence-electron chi connectivity index (χ3n) is 2.13. The second-order valence-electron chi connectivity index (χ2n) is 3.48. The lowest BCUT2D eigenvalue weighted by Crippen LogP contribution is -2.04. The van der Waals surface area contributed by atoms with Crippen LogP contribution in [0, 0.1) is 0 Å². The molecule has 0 saturated heterocycles. The number of halogens is 1. The minimum absolute atomic E-state index is 0.120. The Labute approximate surface area is 108 Å². The van der Waals surface area contributed by atoms with Crippen molar-refractivity contribution in [1.82, 2.24) is 10.2 Å². The first kappa shape index (κ1) is 12.3. The van der Waals surface area contributed by atoms with Gasteiger partial charge in [-0.25, -0.2) is 4.79 Å². The first-order chi connectivity index (χ1) is 8.65. The van der Waals surface area contributed by atoms with Crippen LogP contribution < -0.4 is 4.74 Å². The molecule has 18 heavy (non-hydrogen) atoms. The van der Waals surface area contributed by atoms with Crippen molar-refractivity contribution in [3.63, 3.8) is 0 Å². The number of aromatic nitrogens is 2. The maximum absolute atomic E-state index is 10.6. The van der Waals surface area contributed by atoms with Gasteiger partial charge in [0.1, 0.15) is 6.61 Å². The Morgan fingerprint density at radius 3 is 2.72 bits per heavy atom. The monoisotopic (exact) mass is 264 g/mol. The van der Waals surface area contributed by atoms with E-state index in [2.05, 4.69) is 10.2 Å². The van der Waals surface area contributed by atoms with E-state index < -0.39 is 5.97 Å². The maximum Gasteiger partial charge on any atom is 0.356 e. The highest BCUT2D eigenvalue weighted by molar-refractivity contribution is 6.30. The summed E-state index contributed by atoms with van der Waals surface area (Å²) >= 11 is 5.83. The van der Waals surface area contributed by atoms with Gasteiger partial charge in [-0.15, -0.1) is 10.2 Å². The summed E-state index contributed by atoms with van der Waals surface area (Å²) in [6.45, 7) is 0.293. The third kappa shape index (κ3) is 3.18. The smallest absolute Gasteiger partial charge is 0.356 e. The Hall–Kier alpha value is -2.14. The number of aromatic carboxylic acids is 1. The largest absolute Gasteiger partial charge is 0.476 e. The zero-order valence-electron chi connectivity index (χ0n) is 9.21. The first-order valence-corrected chi connectivity index (χ1v) is 5.47. The van der Waals surface area contributed by atoms with Crippen molar-refractivity contribution in [2.75, 3.05) is 0 Å². The standard InChI is InChI=1S/C12H9ClN2O3/c13-9-3-1-2-8(6-9)7-18-11-5-4-10(12(16)17)14-15-11/h1-6H,7H2,(H,16,17). The molecule has 0 bridgehead atoms. The van der Waals surface area contributed by atoms with Gasteiger partial charge >= 0.3 is 5.97 Å². The highest BCUT2D eigenvalue weighted by Crippen LogP contribution is 2.13. The van der Waals surface area contributed by atoms with Crippen LogP contribution in [0.3, 0.4) is 0 Å². The van der Waals surface area contributed by atoms with Crippen molar-refractivity contribution < 1.29 is 14.6 Å². The van der Waals surface area contributed by atoms with Gasteiger partial charge in [0.15, 0.2) is 5.69 Å². The Morgan fingerprint density at radius 2 is 2.11 bits per heavy atom. The predicted octanol–water partition coefficient (Wildman–Crippen LogP) is 2.41. The lowest BCUT2D eigenvalue weighted by atomic mass is 10.2. The molecular formula is C12H9ClN2O3. The minimum atomic E-state index is -1.12. The zero-order chi connectivity index (χ0) is 13.0. The number of hydrogen-bond acceptors (Lipinski definition) is 4. The third-order valence-corrected chi connectivity index (χ3v) is 2.37. The van der Waals surface area contributed by atoms with Gasteiger partial charge in [0.25, 0.3) is 0 Å². The van der Waals surface area contributed by atoms with E-state index in [9.17, 15) is 4.79 Å². The van der Waals surface area contributed by atoms with Gasteiger partial charge in [-0.05, 0) is 23.8 Å². The fourth-order valence-electron chi connectivity index (χ4n) is 1.30. The van der Waals surface area contributed by atoms with Crippen LogP contribution in [0.5, 0.6) is 5.88 Å². The number of carbonyl (C=O) groups is 1. The predicted molar refractivity (Wildman–Crippen MR) is 64.8 cm³/mol. The van der Waals surface area contributed by atoms with Gasteiger partial charge in [0.2, 0.25) is 5.88 Å². The highest BCUT2D eigenvalue weighted by Gasteiger charge is 2.05. The number of carboxylic acid groups (broad SMARTS) is 1. The molecule has 0 amide bonds. The molecule has 5 nitrogen and oxygen atoms in total. The molecule has 2 rings (SSSR count). The van der Waals surface area contributed by atoms with Crippen LogP contribution in [0.25, 0.3) is 0 Å². The number of benzene rings is 1. The lowest BCUT2D eigenvalue weighted by molar-refractivity contribution is 0.0689. The quantitative estimate of drug-likeness (QED) is 0.918. The van der Waals surface area contributed by atoms with Crippen LogP contribution in [0.1, 0.15) is 16.1 Å². The fourth-order valence-corrected chi connectivity index (χ4v) is 1.51. The van der Waals surface area contributed by atoms with Gasteiger partial charge in [0, 0.05) is 11.1 Å². The van der Waals surface area contributed by atoms with Crippen molar-refractivity contribution in [3.05, 3.63) is 52.7 Å². The summed E-state index contributed by atoms with van der Waals surface area (Å²) in [6.07, 6.45) is 0. The number of rotatable bonds is 4. The van der Waals surface area contributed by atoms with E-state index in [1.54, 1.807) is 12.1 Å².